The van der Waals surface area contributed by atoms with Crippen molar-refractivity contribution in [1.29, 1.82) is 0 Å². The van der Waals surface area contributed by atoms with Crippen LogP contribution in [0.2, 0.25) is 0 Å². The SMILES string of the molecule is O=C1N=c2ccc(C(=O)On3c(O)c4ccccc4c3O)nc2=N1. The molecule has 0 spiro atoms. The Morgan fingerprint density at radius 2 is 1.67 bits per heavy atom. The molecule has 3 aromatic rings. The number of aromatic hydroxyl groups is 2. The molecule has 0 saturated heterocycles. The van der Waals surface area contributed by atoms with Crippen LogP contribution in [0.3, 0.4) is 0 Å². The molecule has 2 N–H and O–H groups in total. The minimum absolute atomic E-state index is 0.0144. The lowest BCUT2D eigenvalue weighted by Gasteiger charge is -2.05. The zero-order valence-electron chi connectivity index (χ0n) is 11.9. The second-order valence-corrected chi connectivity index (χ2v) is 4.91. The topological polar surface area (TPSA) is 126 Å². The first-order valence-electron chi connectivity index (χ1n) is 6.77. The van der Waals surface area contributed by atoms with Gasteiger partial charge in [0.1, 0.15) is 5.36 Å². The van der Waals surface area contributed by atoms with Crippen molar-refractivity contribution < 1.29 is 24.6 Å². The lowest BCUT2D eigenvalue weighted by atomic mass is 10.2. The molecule has 1 aliphatic rings. The summed E-state index contributed by atoms with van der Waals surface area (Å²) in [5, 5.41) is 21.1. The summed E-state index contributed by atoms with van der Waals surface area (Å²) < 4.78 is 0.606. The number of carbonyl (C=O) groups excluding carboxylic acids is 2. The molecule has 0 aliphatic carbocycles. The molecule has 0 saturated carbocycles. The maximum Gasteiger partial charge on any atom is 0.382 e. The van der Waals surface area contributed by atoms with E-state index in [2.05, 4.69) is 15.0 Å². The lowest BCUT2D eigenvalue weighted by Crippen LogP contribution is -2.30. The van der Waals surface area contributed by atoms with Crippen LogP contribution in [0.5, 0.6) is 11.8 Å². The first-order valence-corrected chi connectivity index (χ1v) is 6.77. The van der Waals surface area contributed by atoms with E-state index in [-0.39, 0.29) is 16.5 Å². The van der Waals surface area contributed by atoms with E-state index >= 15 is 0 Å². The Hall–Kier alpha value is -3.75. The Kier molecular flexibility index (Phi) is 2.82. The summed E-state index contributed by atoms with van der Waals surface area (Å²) in [7, 11) is 0. The Morgan fingerprint density at radius 1 is 1.00 bits per heavy atom. The molecule has 3 heterocycles. The molecular formula is C15H8N4O5. The van der Waals surface area contributed by atoms with Crippen molar-refractivity contribution >= 4 is 22.8 Å². The molecule has 0 atom stereocenters. The Bertz CT molecular complexity index is 1110. The fraction of sp³-hybridized carbons (Fsp3) is 0. The van der Waals surface area contributed by atoms with Crippen LogP contribution in [0.4, 0.5) is 4.79 Å². The van der Waals surface area contributed by atoms with Crippen molar-refractivity contribution in [2.45, 2.75) is 0 Å². The van der Waals surface area contributed by atoms with E-state index in [0.29, 0.717) is 15.5 Å². The van der Waals surface area contributed by atoms with Crippen molar-refractivity contribution in [2.24, 2.45) is 9.98 Å². The van der Waals surface area contributed by atoms with E-state index in [0.717, 1.165) is 0 Å². The van der Waals surface area contributed by atoms with Crippen LogP contribution in [-0.4, -0.2) is 31.9 Å². The predicted octanol–water partition coefficient (Wildman–Crippen LogP) is 0.0893. The summed E-state index contributed by atoms with van der Waals surface area (Å²) in [6.45, 7) is 0. The van der Waals surface area contributed by atoms with Gasteiger partial charge in [-0.05, 0) is 24.3 Å². The maximum absolute atomic E-state index is 12.2. The minimum atomic E-state index is -0.946. The first-order chi connectivity index (χ1) is 11.5. The summed E-state index contributed by atoms with van der Waals surface area (Å²) >= 11 is 0. The molecule has 1 aromatic carbocycles. The van der Waals surface area contributed by atoms with Crippen LogP contribution in [0.15, 0.2) is 46.4 Å². The quantitative estimate of drug-likeness (QED) is 0.688. The fourth-order valence-electron chi connectivity index (χ4n) is 2.35. The zero-order chi connectivity index (χ0) is 16.8. The number of aromatic nitrogens is 2. The van der Waals surface area contributed by atoms with E-state index in [1.165, 1.54) is 12.1 Å². The number of hydrogen-bond donors (Lipinski definition) is 2. The molecule has 118 valence electrons. The standard InChI is InChI=1S/C15H8N4O5/c20-12-7-3-1-2-4-8(7)13(21)19(12)24-14(22)10-6-5-9-11(16-10)18-15(23)17-9/h1-6,20-21H. The smallest absolute Gasteiger partial charge is 0.382 e. The summed E-state index contributed by atoms with van der Waals surface area (Å²) in [6, 6.07) is 8.46. The average Bonchev–Trinajstić information content (AvgIpc) is 3.07. The summed E-state index contributed by atoms with van der Waals surface area (Å²) in [6.07, 6.45) is 0. The third-order valence-corrected chi connectivity index (χ3v) is 3.45. The van der Waals surface area contributed by atoms with Gasteiger partial charge in [-0.1, -0.05) is 12.1 Å². The molecule has 9 heteroatoms. The predicted molar refractivity (Wildman–Crippen MR) is 78.1 cm³/mol. The van der Waals surface area contributed by atoms with Gasteiger partial charge in [-0.15, -0.1) is 4.73 Å². The molecule has 2 aromatic heterocycles. The van der Waals surface area contributed by atoms with Gasteiger partial charge in [-0.2, -0.15) is 9.98 Å². The van der Waals surface area contributed by atoms with Gasteiger partial charge in [0.25, 0.3) is 0 Å². The molecule has 24 heavy (non-hydrogen) atoms. The largest absolute Gasteiger partial charge is 0.492 e. The van der Waals surface area contributed by atoms with Crippen molar-refractivity contribution in [3.05, 3.63) is 52.9 Å². The number of benzene rings is 1. The molecular weight excluding hydrogens is 316 g/mol. The number of nitrogens with zero attached hydrogens (tertiary/aromatic N) is 4. The van der Waals surface area contributed by atoms with E-state index in [4.69, 9.17) is 4.84 Å². The number of fused-ring (bicyclic) bond motifs is 2. The molecule has 0 unspecified atom stereocenters. The van der Waals surface area contributed by atoms with Crippen LogP contribution >= 0.6 is 0 Å². The Labute approximate surface area is 132 Å². The van der Waals surface area contributed by atoms with Crippen LogP contribution in [0, 0.1) is 0 Å². The highest BCUT2D eigenvalue weighted by molar-refractivity contribution is 5.94. The van der Waals surface area contributed by atoms with Gasteiger partial charge in [0, 0.05) is 0 Å². The van der Waals surface area contributed by atoms with Gasteiger partial charge in [0.05, 0.1) is 10.8 Å². The third-order valence-electron chi connectivity index (χ3n) is 3.45. The number of amides is 2. The number of urea groups is 1. The van der Waals surface area contributed by atoms with Gasteiger partial charge >= 0.3 is 12.0 Å². The second-order valence-electron chi connectivity index (χ2n) is 4.91. The molecule has 0 radical (unpaired) electrons. The molecule has 0 bridgehead atoms. The monoisotopic (exact) mass is 324 g/mol. The molecule has 1 aliphatic heterocycles. The summed E-state index contributed by atoms with van der Waals surface area (Å²) in [5.41, 5.74) is -0.139. The molecule has 2 amide bonds. The zero-order valence-corrected chi connectivity index (χ0v) is 11.9. The minimum Gasteiger partial charge on any atom is -0.492 e. The van der Waals surface area contributed by atoms with E-state index in [9.17, 15) is 19.8 Å². The summed E-state index contributed by atoms with van der Waals surface area (Å²) in [4.78, 5) is 39.3. The van der Waals surface area contributed by atoms with E-state index in [1.54, 1.807) is 24.3 Å². The number of rotatable bonds is 2. The Balaban J connectivity index is 1.74. The van der Waals surface area contributed by atoms with Gasteiger partial charge in [0.2, 0.25) is 11.8 Å². The average molecular weight is 324 g/mol. The molecule has 4 rings (SSSR count). The molecule has 9 nitrogen and oxygen atoms in total. The van der Waals surface area contributed by atoms with Crippen LogP contribution < -0.4 is 15.7 Å². The summed E-state index contributed by atoms with van der Waals surface area (Å²) in [5.74, 6) is -1.79. The van der Waals surface area contributed by atoms with Gasteiger partial charge in [-0.3, -0.25) is 0 Å². The van der Waals surface area contributed by atoms with Gasteiger partial charge < -0.3 is 15.1 Å². The van der Waals surface area contributed by atoms with Gasteiger partial charge in [0.15, 0.2) is 11.2 Å². The van der Waals surface area contributed by atoms with Crippen LogP contribution in [0.1, 0.15) is 10.5 Å². The maximum atomic E-state index is 12.2. The highest BCUT2D eigenvalue weighted by atomic mass is 16.7. The van der Waals surface area contributed by atoms with Crippen LogP contribution in [-0.2, 0) is 0 Å². The fourth-order valence-corrected chi connectivity index (χ4v) is 2.35. The van der Waals surface area contributed by atoms with Crippen molar-refractivity contribution in [1.82, 2.24) is 9.71 Å². The van der Waals surface area contributed by atoms with Crippen molar-refractivity contribution in [3.63, 3.8) is 0 Å². The lowest BCUT2D eigenvalue weighted by molar-refractivity contribution is 0.0378. The highest BCUT2D eigenvalue weighted by Gasteiger charge is 2.21. The third kappa shape index (κ3) is 1.99. The number of carbonyl (C=O) groups is 2. The number of hydrogen-bond acceptors (Lipinski definition) is 6. The van der Waals surface area contributed by atoms with E-state index in [1.807, 2.05) is 0 Å². The van der Waals surface area contributed by atoms with Crippen LogP contribution in [0.25, 0.3) is 10.8 Å². The molecule has 0 fully saturated rings. The van der Waals surface area contributed by atoms with E-state index < -0.39 is 23.8 Å². The van der Waals surface area contributed by atoms with Gasteiger partial charge in [-0.25, -0.2) is 14.6 Å². The first kappa shape index (κ1) is 13.9. The van der Waals surface area contributed by atoms with Crippen molar-refractivity contribution in [2.75, 3.05) is 0 Å². The second kappa shape index (κ2) is 4.88. The number of pyridine rings is 1. The normalized spacial score (nSPS) is 12.6. The van der Waals surface area contributed by atoms with Crippen molar-refractivity contribution in [3.8, 4) is 11.8 Å². The highest BCUT2D eigenvalue weighted by Crippen LogP contribution is 2.34. The Morgan fingerprint density at radius 3 is 2.33 bits per heavy atom.